The number of benzene rings is 2. The maximum absolute atomic E-state index is 12.5. The molecule has 2 aromatic rings. The van der Waals surface area contributed by atoms with Crippen LogP contribution in [0.2, 0.25) is 0 Å². The molecule has 4 aliphatic rings. The molecule has 3 fully saturated rings. The van der Waals surface area contributed by atoms with Crippen molar-refractivity contribution < 1.29 is 14.6 Å². The van der Waals surface area contributed by atoms with Gasteiger partial charge in [-0.3, -0.25) is 9.69 Å². The number of nitrogens with zero attached hydrogens (tertiary/aromatic N) is 3. The summed E-state index contributed by atoms with van der Waals surface area (Å²) < 4.78 is 6.11. The van der Waals surface area contributed by atoms with E-state index in [1.807, 2.05) is 0 Å². The van der Waals surface area contributed by atoms with Gasteiger partial charge in [0, 0.05) is 31.5 Å². The Morgan fingerprint density at radius 1 is 0.925 bits per heavy atom. The van der Waals surface area contributed by atoms with Crippen LogP contribution in [0, 0.1) is 17.8 Å². The summed E-state index contributed by atoms with van der Waals surface area (Å²) in [5, 5.41) is 10.3. The maximum atomic E-state index is 12.5. The molecule has 6 nitrogen and oxygen atoms in total. The zero-order chi connectivity index (χ0) is 27.3. The van der Waals surface area contributed by atoms with E-state index in [0.29, 0.717) is 24.4 Å². The topological polar surface area (TPSA) is 65.4 Å². The molecule has 1 aliphatic carbocycles. The van der Waals surface area contributed by atoms with Crippen molar-refractivity contribution in [1.82, 2.24) is 9.80 Å². The first kappa shape index (κ1) is 27.5. The summed E-state index contributed by atoms with van der Waals surface area (Å²) in [4.78, 5) is 22.5. The molecule has 2 saturated heterocycles. The minimum atomic E-state index is -0.622. The van der Waals surface area contributed by atoms with Crippen LogP contribution >= 0.6 is 0 Å². The van der Waals surface area contributed by atoms with E-state index in [-0.39, 0.29) is 18.0 Å². The van der Waals surface area contributed by atoms with Gasteiger partial charge in [-0.2, -0.15) is 0 Å². The van der Waals surface area contributed by atoms with Crippen LogP contribution in [0.25, 0.3) is 0 Å². The van der Waals surface area contributed by atoms with Crippen LogP contribution in [0.4, 0.5) is 0 Å². The van der Waals surface area contributed by atoms with Crippen LogP contribution in [0.15, 0.2) is 65.7 Å². The van der Waals surface area contributed by atoms with E-state index in [4.69, 9.17) is 9.73 Å². The number of carbonyl (C=O) groups is 1. The predicted molar refractivity (Wildman–Crippen MR) is 159 cm³/mol. The second-order valence-electron chi connectivity index (χ2n) is 12.6. The van der Waals surface area contributed by atoms with Gasteiger partial charge in [0.1, 0.15) is 12.6 Å². The van der Waals surface area contributed by atoms with Gasteiger partial charge in [-0.15, -0.1) is 0 Å². The highest BCUT2D eigenvalue weighted by atomic mass is 16.5. The summed E-state index contributed by atoms with van der Waals surface area (Å²) in [6.07, 6.45) is 8.82. The maximum Gasteiger partial charge on any atom is 0.321 e. The lowest BCUT2D eigenvalue weighted by atomic mass is 9.83. The highest BCUT2D eigenvalue weighted by molar-refractivity contribution is 5.80. The van der Waals surface area contributed by atoms with Gasteiger partial charge in [0.15, 0.2) is 5.90 Å². The molecule has 4 atom stereocenters. The number of ether oxygens (including phenoxy) is 1. The third-order valence-electron chi connectivity index (χ3n) is 9.92. The monoisotopic (exact) mass is 543 g/mol. The number of piperidine rings is 1. The number of aliphatic imine (C=N–C) groups is 1. The zero-order valence-electron chi connectivity index (χ0n) is 23.7. The molecule has 2 aromatic carbocycles. The van der Waals surface area contributed by atoms with Crippen LogP contribution in [-0.2, 0) is 16.0 Å². The molecule has 214 valence electrons. The van der Waals surface area contributed by atoms with E-state index in [2.05, 4.69) is 70.5 Å². The average molecular weight is 544 g/mol. The molecule has 1 N–H and O–H groups in total. The Bertz CT molecular complexity index is 1130. The van der Waals surface area contributed by atoms with Crippen molar-refractivity contribution in [2.75, 3.05) is 39.3 Å². The van der Waals surface area contributed by atoms with Gasteiger partial charge in [0.2, 0.25) is 0 Å². The molecular weight excluding hydrogens is 498 g/mol. The first-order valence-corrected chi connectivity index (χ1v) is 15.6. The quantitative estimate of drug-likeness (QED) is 0.453. The Balaban J connectivity index is 1.08. The lowest BCUT2D eigenvalue weighted by Crippen LogP contribution is -2.46. The molecule has 0 amide bonds. The van der Waals surface area contributed by atoms with Crippen LogP contribution in [-0.4, -0.2) is 78.2 Å². The molecular formula is C34H45N3O3. The minimum Gasteiger partial charge on any atom is -0.480 e. The molecule has 0 bridgehead atoms. The van der Waals surface area contributed by atoms with Gasteiger partial charge in [0.25, 0.3) is 0 Å². The van der Waals surface area contributed by atoms with E-state index in [0.717, 1.165) is 70.7 Å². The minimum absolute atomic E-state index is 0.234. The number of hydrogen-bond donors (Lipinski definition) is 1. The number of rotatable bonds is 9. The normalized spacial score (nSPS) is 27.8. The van der Waals surface area contributed by atoms with Gasteiger partial charge in [-0.25, -0.2) is 4.99 Å². The van der Waals surface area contributed by atoms with Gasteiger partial charge in [-0.1, -0.05) is 79.9 Å². The van der Waals surface area contributed by atoms with Crippen molar-refractivity contribution in [1.29, 1.82) is 0 Å². The third kappa shape index (κ3) is 6.44. The Hall–Kier alpha value is -2.70. The van der Waals surface area contributed by atoms with E-state index in [1.165, 1.54) is 30.4 Å². The molecule has 1 saturated carbocycles. The standard InChI is InChI=1S/C34H45N3O3/c38-34(39)32(27-14-8-3-9-15-27)37-22-29(31(23-37)26-12-6-2-7-13-26)21-36-18-16-28(17-19-36)33-35-30(24-40-33)20-25-10-4-1-5-11-25/h1-2,4-7,10-13,27-32H,3,8-9,14-24H2,(H,38,39). The first-order chi connectivity index (χ1) is 19.6. The third-order valence-corrected chi connectivity index (χ3v) is 9.92. The van der Waals surface area contributed by atoms with Crippen LogP contribution in [0.1, 0.15) is 62.0 Å². The lowest BCUT2D eigenvalue weighted by molar-refractivity contribution is -0.145. The molecule has 0 spiro atoms. The lowest BCUT2D eigenvalue weighted by Gasteiger charge is -2.35. The van der Waals surface area contributed by atoms with Crippen molar-refractivity contribution in [2.45, 2.75) is 69.4 Å². The van der Waals surface area contributed by atoms with Crippen LogP contribution in [0.5, 0.6) is 0 Å². The zero-order valence-corrected chi connectivity index (χ0v) is 23.7. The van der Waals surface area contributed by atoms with Gasteiger partial charge in [-0.05, 0) is 68.2 Å². The first-order valence-electron chi connectivity index (χ1n) is 15.6. The summed E-state index contributed by atoms with van der Waals surface area (Å²) in [6, 6.07) is 21.3. The largest absolute Gasteiger partial charge is 0.480 e. The van der Waals surface area contributed by atoms with Crippen molar-refractivity contribution in [3.63, 3.8) is 0 Å². The van der Waals surface area contributed by atoms with Crippen LogP contribution in [0.3, 0.4) is 0 Å². The Labute approximate surface area is 239 Å². The van der Waals surface area contributed by atoms with E-state index in [1.54, 1.807) is 0 Å². The molecule has 3 aliphatic heterocycles. The molecule has 4 unspecified atom stereocenters. The molecule has 6 heteroatoms. The summed E-state index contributed by atoms with van der Waals surface area (Å²) in [5.74, 6) is 1.89. The number of aliphatic carboxylic acids is 1. The molecule has 0 radical (unpaired) electrons. The van der Waals surface area contributed by atoms with E-state index < -0.39 is 5.97 Å². The Kier molecular flexibility index (Phi) is 8.83. The van der Waals surface area contributed by atoms with Crippen LogP contribution < -0.4 is 0 Å². The fraction of sp³-hybridized carbons (Fsp3) is 0.588. The van der Waals surface area contributed by atoms with Crippen molar-refractivity contribution >= 4 is 11.9 Å². The Morgan fingerprint density at radius 3 is 2.33 bits per heavy atom. The second kappa shape index (κ2) is 12.9. The summed E-state index contributed by atoms with van der Waals surface area (Å²) >= 11 is 0. The average Bonchev–Trinajstić information content (AvgIpc) is 3.62. The summed E-state index contributed by atoms with van der Waals surface area (Å²) in [5.41, 5.74) is 2.68. The van der Waals surface area contributed by atoms with Crippen molar-refractivity contribution in [2.24, 2.45) is 22.7 Å². The molecule has 40 heavy (non-hydrogen) atoms. The number of carboxylic acid groups (broad SMARTS) is 1. The molecule has 0 aromatic heterocycles. The highest BCUT2D eigenvalue weighted by Crippen LogP contribution is 2.39. The molecule has 3 heterocycles. The summed E-state index contributed by atoms with van der Waals surface area (Å²) in [6.45, 7) is 5.57. The predicted octanol–water partition coefficient (Wildman–Crippen LogP) is 5.49. The van der Waals surface area contributed by atoms with Gasteiger partial charge >= 0.3 is 5.97 Å². The number of hydrogen-bond acceptors (Lipinski definition) is 5. The fourth-order valence-corrected chi connectivity index (χ4v) is 7.84. The Morgan fingerprint density at radius 2 is 1.62 bits per heavy atom. The number of likely N-dealkylation sites (tertiary alicyclic amines) is 2. The number of carboxylic acids is 1. The SMILES string of the molecule is O=C(O)C(C1CCCCC1)N1CC(CN2CCC(C3=NC(Cc4ccccc4)CO3)CC2)C(c2ccccc2)C1. The van der Waals surface area contributed by atoms with Crippen molar-refractivity contribution in [3.05, 3.63) is 71.8 Å². The van der Waals surface area contributed by atoms with E-state index in [9.17, 15) is 9.90 Å². The van der Waals surface area contributed by atoms with Gasteiger partial charge in [0.05, 0.1) is 6.04 Å². The second-order valence-corrected chi connectivity index (χ2v) is 12.6. The summed E-state index contributed by atoms with van der Waals surface area (Å²) in [7, 11) is 0. The smallest absolute Gasteiger partial charge is 0.321 e. The van der Waals surface area contributed by atoms with Gasteiger partial charge < -0.3 is 14.7 Å². The fourth-order valence-electron chi connectivity index (χ4n) is 7.84. The molecule has 6 rings (SSSR count). The van der Waals surface area contributed by atoms with E-state index >= 15 is 0 Å². The highest BCUT2D eigenvalue weighted by Gasteiger charge is 2.43. The van der Waals surface area contributed by atoms with Crippen molar-refractivity contribution in [3.8, 4) is 0 Å².